The smallest absolute Gasteiger partial charge is 0.239 e. The number of amides is 2. The first-order chi connectivity index (χ1) is 15.1. The Hall–Kier alpha value is -1.10. The molecule has 2 aliphatic heterocycles. The van der Waals surface area contributed by atoms with Gasteiger partial charge in [-0.25, -0.2) is 0 Å². The van der Waals surface area contributed by atoms with Gasteiger partial charge in [-0.05, 0) is 39.5 Å². The number of carbonyl (C=O) groups excluding carboxylic acids is 2. The van der Waals surface area contributed by atoms with E-state index < -0.39 is 0 Å². The molecule has 2 heterocycles. The van der Waals surface area contributed by atoms with Gasteiger partial charge in [-0.15, -0.1) is 24.0 Å². The van der Waals surface area contributed by atoms with Crippen LogP contribution in [0.2, 0.25) is 0 Å². The fraction of sp³-hybridized carbons (Fsp3) is 0.870. The van der Waals surface area contributed by atoms with Crippen LogP contribution in [0.15, 0.2) is 4.99 Å². The van der Waals surface area contributed by atoms with E-state index in [-0.39, 0.29) is 41.8 Å². The second-order valence-electron chi connectivity index (χ2n) is 9.12. The van der Waals surface area contributed by atoms with Gasteiger partial charge in [-0.2, -0.15) is 0 Å². The van der Waals surface area contributed by atoms with Crippen LogP contribution < -0.4 is 10.6 Å². The minimum Gasteiger partial charge on any atom is -0.357 e. The van der Waals surface area contributed by atoms with Gasteiger partial charge in [0.05, 0.1) is 12.6 Å². The normalized spacial score (nSPS) is 21.8. The van der Waals surface area contributed by atoms with Crippen LogP contribution in [0.1, 0.15) is 65.2 Å². The molecule has 0 bridgehead atoms. The highest BCUT2D eigenvalue weighted by atomic mass is 127. The molecular weight excluding hydrogens is 519 g/mol. The van der Waals surface area contributed by atoms with Crippen LogP contribution in [0, 0.1) is 0 Å². The molecule has 0 aromatic carbocycles. The summed E-state index contributed by atoms with van der Waals surface area (Å²) in [5.41, 5.74) is 0. The van der Waals surface area contributed by atoms with Crippen molar-refractivity contribution in [3.63, 3.8) is 0 Å². The Morgan fingerprint density at radius 2 is 1.59 bits per heavy atom. The standard InChI is InChI=1S/C23H42N6O2.HI/c1-3-24-23(25-12-11-21(30)26-20-9-5-4-6-10-20)29-17-15-27(16-18-29)19(2)22(31)28-13-7-8-14-28;/h19-20H,3-18H2,1-2H3,(H,24,25)(H,26,30);1H. The number of piperazine rings is 1. The van der Waals surface area contributed by atoms with Crippen LogP contribution in [0.4, 0.5) is 0 Å². The number of guanidine groups is 1. The number of rotatable bonds is 7. The highest BCUT2D eigenvalue weighted by Gasteiger charge is 2.30. The molecule has 1 atom stereocenters. The summed E-state index contributed by atoms with van der Waals surface area (Å²) in [7, 11) is 0. The van der Waals surface area contributed by atoms with Crippen molar-refractivity contribution in [1.82, 2.24) is 25.3 Å². The van der Waals surface area contributed by atoms with Gasteiger partial charge in [-0.3, -0.25) is 19.5 Å². The minimum absolute atomic E-state index is 0. The van der Waals surface area contributed by atoms with Gasteiger partial charge >= 0.3 is 0 Å². The Morgan fingerprint density at radius 1 is 0.938 bits per heavy atom. The van der Waals surface area contributed by atoms with Gasteiger partial charge in [0.25, 0.3) is 0 Å². The molecule has 0 aromatic heterocycles. The first-order valence-electron chi connectivity index (χ1n) is 12.4. The molecule has 2 amide bonds. The van der Waals surface area contributed by atoms with Gasteiger partial charge in [-0.1, -0.05) is 19.3 Å². The number of carbonyl (C=O) groups is 2. The van der Waals surface area contributed by atoms with Crippen LogP contribution in [0.3, 0.4) is 0 Å². The Balaban J connectivity index is 0.00000363. The van der Waals surface area contributed by atoms with Crippen LogP contribution in [0.25, 0.3) is 0 Å². The average Bonchev–Trinajstić information content (AvgIpc) is 3.33. The SMILES string of the molecule is CCNC(=NCCC(=O)NC1CCCCC1)N1CCN(C(C)C(=O)N2CCCC2)CC1.I. The lowest BCUT2D eigenvalue weighted by Gasteiger charge is -2.39. The lowest BCUT2D eigenvalue weighted by atomic mass is 9.95. The van der Waals surface area contributed by atoms with Crippen molar-refractivity contribution in [2.24, 2.45) is 4.99 Å². The molecule has 0 radical (unpaired) electrons. The molecule has 2 N–H and O–H groups in total. The second kappa shape index (κ2) is 14.2. The zero-order chi connectivity index (χ0) is 22.1. The maximum absolute atomic E-state index is 12.7. The highest BCUT2D eigenvalue weighted by molar-refractivity contribution is 14.0. The highest BCUT2D eigenvalue weighted by Crippen LogP contribution is 2.17. The Bertz CT molecular complexity index is 612. The van der Waals surface area contributed by atoms with E-state index in [9.17, 15) is 9.59 Å². The third kappa shape index (κ3) is 8.04. The molecule has 0 aromatic rings. The van der Waals surface area contributed by atoms with E-state index in [1.807, 2.05) is 11.8 Å². The first-order valence-corrected chi connectivity index (χ1v) is 12.4. The lowest BCUT2D eigenvalue weighted by Crippen LogP contribution is -2.57. The average molecular weight is 563 g/mol. The summed E-state index contributed by atoms with van der Waals surface area (Å²) < 4.78 is 0. The largest absolute Gasteiger partial charge is 0.357 e. The third-order valence-corrected chi connectivity index (χ3v) is 6.84. The number of nitrogens with one attached hydrogen (secondary N) is 2. The number of halogens is 1. The van der Waals surface area contributed by atoms with E-state index in [1.54, 1.807) is 0 Å². The molecular formula is C23H43IN6O2. The van der Waals surface area contributed by atoms with Crippen molar-refractivity contribution in [3.05, 3.63) is 0 Å². The molecule has 184 valence electrons. The molecule has 32 heavy (non-hydrogen) atoms. The number of nitrogens with zero attached hydrogens (tertiary/aromatic N) is 4. The summed E-state index contributed by atoms with van der Waals surface area (Å²) in [5.74, 6) is 1.27. The van der Waals surface area contributed by atoms with E-state index >= 15 is 0 Å². The van der Waals surface area contributed by atoms with Crippen LogP contribution in [-0.4, -0.2) is 96.9 Å². The van der Waals surface area contributed by atoms with E-state index in [2.05, 4.69) is 27.4 Å². The molecule has 3 aliphatic rings. The van der Waals surface area contributed by atoms with Crippen molar-refractivity contribution in [2.45, 2.75) is 77.3 Å². The lowest BCUT2D eigenvalue weighted by molar-refractivity contribution is -0.135. The quantitative estimate of drug-likeness (QED) is 0.282. The van der Waals surface area contributed by atoms with Gasteiger partial charge < -0.3 is 20.4 Å². The van der Waals surface area contributed by atoms with Crippen LogP contribution in [-0.2, 0) is 9.59 Å². The number of hydrogen-bond acceptors (Lipinski definition) is 4. The Labute approximate surface area is 210 Å². The predicted molar refractivity (Wildman–Crippen MR) is 139 cm³/mol. The fourth-order valence-electron chi connectivity index (χ4n) is 4.91. The van der Waals surface area contributed by atoms with Crippen molar-refractivity contribution < 1.29 is 9.59 Å². The molecule has 9 heteroatoms. The summed E-state index contributed by atoms with van der Waals surface area (Å²) >= 11 is 0. The van der Waals surface area contributed by atoms with Crippen molar-refractivity contribution in [3.8, 4) is 0 Å². The maximum atomic E-state index is 12.7. The van der Waals surface area contributed by atoms with Gasteiger partial charge in [0.1, 0.15) is 0 Å². The molecule has 3 rings (SSSR count). The minimum atomic E-state index is -0.0525. The zero-order valence-electron chi connectivity index (χ0n) is 20.0. The maximum Gasteiger partial charge on any atom is 0.239 e. The topological polar surface area (TPSA) is 80.3 Å². The van der Waals surface area contributed by atoms with E-state index in [1.165, 1.54) is 19.3 Å². The first kappa shape index (κ1) is 27.1. The molecule has 1 saturated carbocycles. The van der Waals surface area contributed by atoms with E-state index in [0.29, 0.717) is 19.0 Å². The van der Waals surface area contributed by atoms with Crippen molar-refractivity contribution >= 4 is 41.8 Å². The van der Waals surface area contributed by atoms with E-state index in [0.717, 1.165) is 77.5 Å². The van der Waals surface area contributed by atoms with Crippen molar-refractivity contribution in [2.75, 3.05) is 52.4 Å². The van der Waals surface area contributed by atoms with E-state index in [4.69, 9.17) is 4.99 Å². The summed E-state index contributed by atoms with van der Waals surface area (Å²) in [5, 5.41) is 6.54. The molecule has 2 saturated heterocycles. The van der Waals surface area contributed by atoms with Gasteiger partial charge in [0, 0.05) is 58.3 Å². The van der Waals surface area contributed by atoms with Gasteiger partial charge in [0.2, 0.25) is 11.8 Å². The van der Waals surface area contributed by atoms with Gasteiger partial charge in [0.15, 0.2) is 5.96 Å². The number of aliphatic imine (C=N–C) groups is 1. The summed E-state index contributed by atoms with van der Waals surface area (Å²) in [6, 6.07) is 0.306. The molecule has 8 nitrogen and oxygen atoms in total. The second-order valence-corrected chi connectivity index (χ2v) is 9.12. The van der Waals surface area contributed by atoms with Crippen molar-refractivity contribution in [1.29, 1.82) is 0 Å². The summed E-state index contributed by atoms with van der Waals surface area (Å²) in [6.45, 7) is 10.6. The predicted octanol–water partition coefficient (Wildman–Crippen LogP) is 2.04. The molecule has 1 aliphatic carbocycles. The Kier molecular flexibility index (Phi) is 12.1. The third-order valence-electron chi connectivity index (χ3n) is 6.84. The van der Waals surface area contributed by atoms with Crippen LogP contribution >= 0.6 is 24.0 Å². The molecule has 1 unspecified atom stereocenters. The Morgan fingerprint density at radius 3 is 2.22 bits per heavy atom. The number of likely N-dealkylation sites (tertiary alicyclic amines) is 1. The molecule has 0 spiro atoms. The number of hydrogen-bond donors (Lipinski definition) is 2. The van der Waals surface area contributed by atoms with Crippen LogP contribution in [0.5, 0.6) is 0 Å². The summed E-state index contributed by atoms with van der Waals surface area (Å²) in [4.78, 5) is 36.2. The monoisotopic (exact) mass is 562 g/mol. The zero-order valence-corrected chi connectivity index (χ0v) is 22.3. The summed E-state index contributed by atoms with van der Waals surface area (Å²) in [6.07, 6.45) is 8.67. The fourth-order valence-corrected chi connectivity index (χ4v) is 4.91. The molecule has 3 fully saturated rings.